The Labute approximate surface area is 162 Å². The summed E-state index contributed by atoms with van der Waals surface area (Å²) < 4.78 is 1.73. The average Bonchev–Trinajstić information content (AvgIpc) is 3.14. The van der Waals surface area contributed by atoms with Crippen molar-refractivity contribution in [3.8, 4) is 28.3 Å². The predicted molar refractivity (Wildman–Crippen MR) is 107 cm³/mol. The Hall–Kier alpha value is -3.61. The van der Waals surface area contributed by atoms with Crippen LogP contribution in [-0.4, -0.2) is 29.7 Å². The van der Waals surface area contributed by atoms with E-state index in [-0.39, 0.29) is 11.5 Å². The third kappa shape index (κ3) is 3.22. The van der Waals surface area contributed by atoms with Gasteiger partial charge in [-0.05, 0) is 42.8 Å². The van der Waals surface area contributed by atoms with Gasteiger partial charge in [-0.3, -0.25) is 14.8 Å². The third-order valence-corrected chi connectivity index (χ3v) is 4.50. The van der Waals surface area contributed by atoms with Crippen molar-refractivity contribution < 1.29 is 0 Å². The molecule has 0 radical (unpaired) electrons. The fourth-order valence-corrected chi connectivity index (χ4v) is 2.97. The second-order valence-electron chi connectivity index (χ2n) is 6.87. The molecular weight excluding hydrogens is 352 g/mol. The molecule has 0 atom stereocenters. The van der Waals surface area contributed by atoms with Gasteiger partial charge in [0.05, 0.1) is 11.3 Å². The van der Waals surface area contributed by atoms with Crippen molar-refractivity contribution >= 4 is 0 Å². The smallest absolute Gasteiger partial charge is 0.259 e. The molecule has 7 nitrogen and oxygen atoms in total. The molecule has 4 heterocycles. The number of aromatic amines is 1. The van der Waals surface area contributed by atoms with E-state index in [1.54, 1.807) is 35.5 Å². The zero-order valence-corrected chi connectivity index (χ0v) is 15.9. The van der Waals surface area contributed by atoms with Crippen molar-refractivity contribution in [2.45, 2.75) is 26.7 Å². The molecule has 0 aromatic carbocycles. The minimum atomic E-state index is -0.218. The second-order valence-corrected chi connectivity index (χ2v) is 6.87. The predicted octanol–water partition coefficient (Wildman–Crippen LogP) is 3.51. The minimum absolute atomic E-state index is 0.136. The summed E-state index contributed by atoms with van der Waals surface area (Å²) in [7, 11) is 0. The number of nitrogens with zero attached hydrogens (tertiary/aromatic N) is 5. The van der Waals surface area contributed by atoms with E-state index in [9.17, 15) is 4.79 Å². The number of rotatable bonds is 4. The normalized spacial score (nSPS) is 11.1. The number of aromatic nitrogens is 6. The topological polar surface area (TPSA) is 89.3 Å². The van der Waals surface area contributed by atoms with Crippen LogP contribution in [0.2, 0.25) is 0 Å². The first kappa shape index (κ1) is 17.8. The zero-order valence-electron chi connectivity index (χ0n) is 15.9. The maximum Gasteiger partial charge on any atom is 0.259 e. The van der Waals surface area contributed by atoms with E-state index in [0.29, 0.717) is 17.2 Å². The molecule has 140 valence electrons. The van der Waals surface area contributed by atoms with E-state index in [4.69, 9.17) is 0 Å². The van der Waals surface area contributed by atoms with Crippen LogP contribution in [-0.2, 0) is 0 Å². The van der Waals surface area contributed by atoms with Gasteiger partial charge >= 0.3 is 0 Å². The number of nitrogens with one attached hydrogen (secondary N) is 1. The summed E-state index contributed by atoms with van der Waals surface area (Å²) in [5.41, 5.74) is 3.67. The van der Waals surface area contributed by atoms with Gasteiger partial charge in [0.1, 0.15) is 0 Å². The molecule has 0 amide bonds. The van der Waals surface area contributed by atoms with E-state index in [0.717, 1.165) is 22.5 Å². The highest BCUT2D eigenvalue weighted by Gasteiger charge is 2.19. The lowest BCUT2D eigenvalue weighted by molar-refractivity contribution is 0.752. The Morgan fingerprint density at radius 3 is 2.43 bits per heavy atom. The highest BCUT2D eigenvalue weighted by atomic mass is 16.1. The molecule has 0 unspecified atom stereocenters. The van der Waals surface area contributed by atoms with Gasteiger partial charge in [0, 0.05) is 42.0 Å². The van der Waals surface area contributed by atoms with Crippen molar-refractivity contribution in [2.24, 2.45) is 0 Å². The van der Waals surface area contributed by atoms with Crippen molar-refractivity contribution in [1.82, 2.24) is 29.7 Å². The summed E-state index contributed by atoms with van der Waals surface area (Å²) in [6, 6.07) is 9.24. The van der Waals surface area contributed by atoms with Crippen molar-refractivity contribution in [1.29, 1.82) is 0 Å². The Kier molecular flexibility index (Phi) is 4.57. The zero-order chi connectivity index (χ0) is 19.7. The first-order chi connectivity index (χ1) is 13.5. The molecule has 0 fully saturated rings. The molecule has 0 saturated carbocycles. The lowest BCUT2D eigenvalue weighted by atomic mass is 10.1. The second kappa shape index (κ2) is 7.19. The largest absolute Gasteiger partial charge is 0.321 e. The molecule has 0 aliphatic carbocycles. The molecule has 0 aliphatic rings. The maximum absolute atomic E-state index is 12.9. The van der Waals surface area contributed by atoms with Crippen molar-refractivity contribution in [3.05, 3.63) is 76.9 Å². The number of H-pyrrole nitrogens is 1. The molecule has 4 aromatic heterocycles. The van der Waals surface area contributed by atoms with Crippen LogP contribution >= 0.6 is 0 Å². The lowest BCUT2D eigenvalue weighted by Gasteiger charge is -2.08. The highest BCUT2D eigenvalue weighted by molar-refractivity contribution is 5.64. The first-order valence-corrected chi connectivity index (χ1v) is 9.06. The standard InChI is InChI=1S/C21H20N6O/c1-13(2)19-25-20(27(26-19)18-8-11-23-12-14(18)3)16-4-5-17(24-21(16)28)15-6-9-22-10-7-15/h4-13H,1-3H3,(H,24,28). The van der Waals surface area contributed by atoms with E-state index >= 15 is 0 Å². The summed E-state index contributed by atoms with van der Waals surface area (Å²) >= 11 is 0. The lowest BCUT2D eigenvalue weighted by Crippen LogP contribution is -2.13. The van der Waals surface area contributed by atoms with Gasteiger partial charge in [0.15, 0.2) is 11.6 Å². The fourth-order valence-electron chi connectivity index (χ4n) is 2.97. The molecule has 28 heavy (non-hydrogen) atoms. The van der Waals surface area contributed by atoms with Crippen LogP contribution < -0.4 is 5.56 Å². The molecule has 4 aromatic rings. The van der Waals surface area contributed by atoms with Crippen LogP contribution in [0.15, 0.2) is 59.9 Å². The van der Waals surface area contributed by atoms with Crippen LogP contribution in [0, 0.1) is 6.92 Å². The highest BCUT2D eigenvalue weighted by Crippen LogP contribution is 2.24. The van der Waals surface area contributed by atoms with Crippen molar-refractivity contribution in [3.63, 3.8) is 0 Å². The SMILES string of the molecule is Cc1cnccc1-n1nc(C(C)C)nc1-c1ccc(-c2ccncc2)[nH]c1=O. The van der Waals surface area contributed by atoms with Gasteiger partial charge < -0.3 is 4.98 Å². The molecule has 4 rings (SSSR count). The Morgan fingerprint density at radius 2 is 1.75 bits per heavy atom. The fraction of sp³-hybridized carbons (Fsp3) is 0.190. The Bertz CT molecular complexity index is 1180. The van der Waals surface area contributed by atoms with E-state index in [1.807, 2.05) is 45.0 Å². The minimum Gasteiger partial charge on any atom is -0.321 e. The third-order valence-electron chi connectivity index (χ3n) is 4.50. The molecule has 0 aliphatic heterocycles. The summed E-state index contributed by atoms with van der Waals surface area (Å²) in [4.78, 5) is 28.7. The average molecular weight is 372 g/mol. The number of pyridine rings is 3. The van der Waals surface area contributed by atoms with Crippen LogP contribution in [0.1, 0.15) is 31.2 Å². The molecule has 0 bridgehead atoms. The summed E-state index contributed by atoms with van der Waals surface area (Å²) in [5.74, 6) is 1.33. The Balaban J connectivity index is 1.88. The summed E-state index contributed by atoms with van der Waals surface area (Å²) in [6.07, 6.45) is 6.87. The van der Waals surface area contributed by atoms with E-state index < -0.39 is 0 Å². The summed E-state index contributed by atoms with van der Waals surface area (Å²) in [5, 5.41) is 4.66. The van der Waals surface area contributed by atoms with Gasteiger partial charge in [-0.15, -0.1) is 0 Å². The molecule has 0 saturated heterocycles. The summed E-state index contributed by atoms with van der Waals surface area (Å²) in [6.45, 7) is 6.01. The van der Waals surface area contributed by atoms with Gasteiger partial charge in [0.25, 0.3) is 5.56 Å². The molecule has 0 spiro atoms. The van der Waals surface area contributed by atoms with Gasteiger partial charge in [-0.1, -0.05) is 13.8 Å². The van der Waals surface area contributed by atoms with Gasteiger partial charge in [-0.25, -0.2) is 9.67 Å². The van der Waals surface area contributed by atoms with Crippen LogP contribution in [0.5, 0.6) is 0 Å². The number of hydrogen-bond donors (Lipinski definition) is 1. The van der Waals surface area contributed by atoms with Crippen LogP contribution in [0.4, 0.5) is 0 Å². The number of aryl methyl sites for hydroxylation is 1. The van der Waals surface area contributed by atoms with E-state index in [2.05, 4.69) is 25.0 Å². The van der Waals surface area contributed by atoms with Crippen LogP contribution in [0.25, 0.3) is 28.3 Å². The Morgan fingerprint density at radius 1 is 1.00 bits per heavy atom. The molecule has 7 heteroatoms. The number of hydrogen-bond acceptors (Lipinski definition) is 5. The molecule has 1 N–H and O–H groups in total. The van der Waals surface area contributed by atoms with Gasteiger partial charge in [-0.2, -0.15) is 5.10 Å². The van der Waals surface area contributed by atoms with Crippen molar-refractivity contribution in [2.75, 3.05) is 0 Å². The monoisotopic (exact) mass is 372 g/mol. The molecular formula is C21H20N6O. The quantitative estimate of drug-likeness (QED) is 0.592. The van der Waals surface area contributed by atoms with E-state index in [1.165, 1.54) is 0 Å². The van der Waals surface area contributed by atoms with Crippen LogP contribution in [0.3, 0.4) is 0 Å². The first-order valence-electron chi connectivity index (χ1n) is 9.06. The van der Waals surface area contributed by atoms with Gasteiger partial charge in [0.2, 0.25) is 0 Å². The maximum atomic E-state index is 12.9.